The van der Waals surface area contributed by atoms with E-state index in [2.05, 4.69) is 20.3 Å². The molecular formula is C18H20N6O. The number of rotatable bonds is 3. The van der Waals surface area contributed by atoms with Crippen LogP contribution in [0.1, 0.15) is 46.9 Å². The number of carbonyl (C=O) groups is 1. The van der Waals surface area contributed by atoms with Crippen molar-refractivity contribution in [3.63, 3.8) is 0 Å². The van der Waals surface area contributed by atoms with Crippen molar-refractivity contribution in [2.75, 3.05) is 6.54 Å². The van der Waals surface area contributed by atoms with Gasteiger partial charge in [0.05, 0.1) is 23.5 Å². The molecule has 1 aliphatic rings. The summed E-state index contributed by atoms with van der Waals surface area (Å²) >= 11 is 0. The highest BCUT2D eigenvalue weighted by molar-refractivity contribution is 5.94. The van der Waals surface area contributed by atoms with Crippen molar-refractivity contribution in [1.29, 1.82) is 0 Å². The van der Waals surface area contributed by atoms with Crippen LogP contribution in [0.15, 0.2) is 43.0 Å². The lowest BCUT2D eigenvalue weighted by Gasteiger charge is -2.35. The SMILES string of the molecule is Cc1cn[nH]c1[C@@H]1CCCCN1C(=O)c1ccc(-n2cccn2)nc1. The average Bonchev–Trinajstić information content (AvgIpc) is 3.33. The zero-order chi connectivity index (χ0) is 17.2. The van der Waals surface area contributed by atoms with Crippen LogP contribution in [0.4, 0.5) is 0 Å². The third-order valence-corrected chi connectivity index (χ3v) is 4.70. The number of aromatic amines is 1. The molecule has 3 aromatic rings. The Hall–Kier alpha value is -2.96. The van der Waals surface area contributed by atoms with E-state index >= 15 is 0 Å². The first-order valence-electron chi connectivity index (χ1n) is 8.51. The smallest absolute Gasteiger partial charge is 0.255 e. The van der Waals surface area contributed by atoms with Crippen LogP contribution >= 0.6 is 0 Å². The van der Waals surface area contributed by atoms with Crippen LogP contribution in [-0.4, -0.2) is 42.3 Å². The Morgan fingerprint density at radius 3 is 2.88 bits per heavy atom. The minimum absolute atomic E-state index is 0.0122. The molecule has 25 heavy (non-hydrogen) atoms. The predicted octanol–water partition coefficient (Wildman–Crippen LogP) is 2.67. The molecule has 1 saturated heterocycles. The largest absolute Gasteiger partial charge is 0.330 e. The Morgan fingerprint density at radius 2 is 2.20 bits per heavy atom. The molecule has 1 fully saturated rings. The van der Waals surface area contributed by atoms with Gasteiger partial charge in [-0.1, -0.05) is 0 Å². The van der Waals surface area contributed by atoms with Crippen molar-refractivity contribution in [3.05, 3.63) is 59.8 Å². The number of aryl methyl sites for hydroxylation is 1. The number of hydrogen-bond donors (Lipinski definition) is 1. The summed E-state index contributed by atoms with van der Waals surface area (Å²) in [6.45, 7) is 2.78. The molecule has 0 unspecified atom stereocenters. The van der Waals surface area contributed by atoms with E-state index < -0.39 is 0 Å². The molecule has 0 bridgehead atoms. The van der Waals surface area contributed by atoms with Crippen molar-refractivity contribution in [2.45, 2.75) is 32.2 Å². The molecule has 0 radical (unpaired) electrons. The Balaban J connectivity index is 1.59. The fourth-order valence-electron chi connectivity index (χ4n) is 3.39. The second-order valence-corrected chi connectivity index (χ2v) is 6.33. The molecule has 128 valence electrons. The van der Waals surface area contributed by atoms with E-state index in [0.717, 1.165) is 37.1 Å². The lowest BCUT2D eigenvalue weighted by molar-refractivity contribution is 0.0605. The number of amides is 1. The third-order valence-electron chi connectivity index (χ3n) is 4.70. The molecule has 0 aliphatic carbocycles. The maximum atomic E-state index is 13.0. The van der Waals surface area contributed by atoms with Crippen LogP contribution in [0.3, 0.4) is 0 Å². The van der Waals surface area contributed by atoms with Gasteiger partial charge >= 0.3 is 0 Å². The van der Waals surface area contributed by atoms with E-state index in [1.54, 1.807) is 17.1 Å². The Morgan fingerprint density at radius 1 is 1.28 bits per heavy atom. The van der Waals surface area contributed by atoms with Crippen molar-refractivity contribution < 1.29 is 4.79 Å². The van der Waals surface area contributed by atoms with E-state index in [9.17, 15) is 4.79 Å². The number of H-pyrrole nitrogens is 1. The summed E-state index contributed by atoms with van der Waals surface area (Å²) < 4.78 is 1.67. The molecule has 4 rings (SSSR count). The van der Waals surface area contributed by atoms with Crippen molar-refractivity contribution in [2.24, 2.45) is 0 Å². The number of piperidine rings is 1. The van der Waals surface area contributed by atoms with E-state index in [-0.39, 0.29) is 11.9 Å². The van der Waals surface area contributed by atoms with Gasteiger partial charge in [0.25, 0.3) is 5.91 Å². The van der Waals surface area contributed by atoms with Gasteiger partial charge in [0.15, 0.2) is 5.82 Å². The minimum Gasteiger partial charge on any atom is -0.330 e. The Labute approximate surface area is 145 Å². The molecule has 1 amide bonds. The van der Waals surface area contributed by atoms with Gasteiger partial charge in [-0.15, -0.1) is 0 Å². The lowest BCUT2D eigenvalue weighted by atomic mass is 9.96. The highest BCUT2D eigenvalue weighted by Gasteiger charge is 2.30. The fraction of sp³-hybridized carbons (Fsp3) is 0.333. The number of aromatic nitrogens is 5. The summed E-state index contributed by atoms with van der Waals surface area (Å²) in [5, 5.41) is 11.3. The monoisotopic (exact) mass is 336 g/mol. The topological polar surface area (TPSA) is 79.7 Å². The van der Waals surface area contributed by atoms with Gasteiger partial charge in [-0.2, -0.15) is 10.2 Å². The summed E-state index contributed by atoms with van der Waals surface area (Å²) in [5.41, 5.74) is 2.73. The summed E-state index contributed by atoms with van der Waals surface area (Å²) in [4.78, 5) is 19.4. The van der Waals surface area contributed by atoms with Crippen molar-refractivity contribution in [1.82, 2.24) is 29.9 Å². The van der Waals surface area contributed by atoms with E-state index in [1.165, 1.54) is 0 Å². The predicted molar refractivity (Wildman–Crippen MR) is 92.3 cm³/mol. The number of likely N-dealkylation sites (tertiary alicyclic amines) is 1. The molecule has 0 spiro atoms. The molecule has 0 aromatic carbocycles. The number of hydrogen-bond acceptors (Lipinski definition) is 4. The van der Waals surface area contributed by atoms with Crippen LogP contribution in [-0.2, 0) is 0 Å². The van der Waals surface area contributed by atoms with Gasteiger partial charge in [0, 0.05) is 25.1 Å². The second kappa shape index (κ2) is 6.51. The highest BCUT2D eigenvalue weighted by Crippen LogP contribution is 2.32. The summed E-state index contributed by atoms with van der Waals surface area (Å²) in [5.74, 6) is 0.708. The first-order chi connectivity index (χ1) is 12.2. The van der Waals surface area contributed by atoms with Gasteiger partial charge in [0.1, 0.15) is 0 Å². The number of pyridine rings is 1. The van der Waals surface area contributed by atoms with Crippen molar-refractivity contribution >= 4 is 5.91 Å². The Bertz CT molecular complexity index is 852. The van der Waals surface area contributed by atoms with Crippen LogP contribution in [0, 0.1) is 6.92 Å². The van der Waals surface area contributed by atoms with Gasteiger partial charge < -0.3 is 4.90 Å². The molecule has 7 heteroatoms. The molecule has 4 heterocycles. The van der Waals surface area contributed by atoms with Gasteiger partial charge in [0.2, 0.25) is 0 Å². The minimum atomic E-state index is 0.0122. The standard InChI is InChI=1S/C18H20N6O/c1-13-11-20-22-17(13)15-5-2-3-9-23(15)18(25)14-6-7-16(19-12-14)24-10-4-8-21-24/h4,6-8,10-12,15H,2-3,5,9H2,1H3,(H,20,22)/t15-/m0/s1. The number of nitrogens with one attached hydrogen (secondary N) is 1. The molecule has 0 saturated carbocycles. The highest BCUT2D eigenvalue weighted by atomic mass is 16.2. The van der Waals surface area contributed by atoms with Gasteiger partial charge in [-0.05, 0) is 49.9 Å². The normalized spacial score (nSPS) is 17.6. The summed E-state index contributed by atoms with van der Waals surface area (Å²) in [6, 6.07) is 5.53. The zero-order valence-electron chi connectivity index (χ0n) is 14.1. The van der Waals surface area contributed by atoms with Crippen LogP contribution in [0.25, 0.3) is 5.82 Å². The van der Waals surface area contributed by atoms with Crippen LogP contribution in [0.5, 0.6) is 0 Å². The molecule has 1 atom stereocenters. The van der Waals surface area contributed by atoms with Crippen LogP contribution < -0.4 is 0 Å². The molecule has 3 aromatic heterocycles. The Kier molecular flexibility index (Phi) is 4.05. The van der Waals surface area contributed by atoms with Gasteiger partial charge in [-0.3, -0.25) is 9.89 Å². The fourth-order valence-corrected chi connectivity index (χ4v) is 3.39. The van der Waals surface area contributed by atoms with E-state index in [0.29, 0.717) is 11.4 Å². The van der Waals surface area contributed by atoms with Gasteiger partial charge in [-0.25, -0.2) is 9.67 Å². The third kappa shape index (κ3) is 2.93. The molecule has 1 N–H and O–H groups in total. The number of nitrogens with zero attached hydrogens (tertiary/aromatic N) is 5. The maximum absolute atomic E-state index is 13.0. The first-order valence-corrected chi connectivity index (χ1v) is 8.51. The molecule has 1 aliphatic heterocycles. The summed E-state index contributed by atoms with van der Waals surface area (Å²) in [6.07, 6.45) is 10.1. The molecular weight excluding hydrogens is 316 g/mol. The van der Waals surface area contributed by atoms with Crippen molar-refractivity contribution in [3.8, 4) is 5.82 Å². The number of carbonyl (C=O) groups excluding carboxylic acids is 1. The van der Waals surface area contributed by atoms with Crippen LogP contribution in [0.2, 0.25) is 0 Å². The first kappa shape index (κ1) is 15.6. The van der Waals surface area contributed by atoms with E-state index in [1.807, 2.05) is 42.4 Å². The van der Waals surface area contributed by atoms with E-state index in [4.69, 9.17) is 0 Å². The quantitative estimate of drug-likeness (QED) is 0.797. The zero-order valence-corrected chi connectivity index (χ0v) is 14.1. The second-order valence-electron chi connectivity index (χ2n) is 6.33. The summed E-state index contributed by atoms with van der Waals surface area (Å²) in [7, 11) is 0. The average molecular weight is 336 g/mol. The molecule has 7 nitrogen and oxygen atoms in total. The maximum Gasteiger partial charge on any atom is 0.255 e. The lowest BCUT2D eigenvalue weighted by Crippen LogP contribution is -2.39.